The number of rotatable bonds is 5. The fraction of sp³-hybridized carbons (Fsp3) is 0.400. The highest BCUT2D eigenvalue weighted by Gasteiger charge is 2.01. The Kier molecular flexibility index (Phi) is 4.22. The average molecular weight is 197 g/mol. The molecule has 0 saturated carbocycles. The largest absolute Gasteiger partial charge is 0.465 e. The molecule has 0 aliphatic carbocycles. The molecule has 0 radical (unpaired) electrons. The maximum atomic E-state index is 8.73. The van der Waals surface area contributed by atoms with Gasteiger partial charge in [-0.2, -0.15) is 0 Å². The van der Waals surface area contributed by atoms with E-state index in [1.165, 1.54) is 0 Å². The summed E-state index contributed by atoms with van der Waals surface area (Å²) < 4.78 is 9.97. The van der Waals surface area contributed by atoms with Gasteiger partial charge in [-0.25, -0.2) is 0 Å². The second kappa shape index (κ2) is 5.47. The smallest absolute Gasteiger partial charge is 0.188 e. The van der Waals surface area contributed by atoms with Crippen LogP contribution in [0.5, 0.6) is 5.75 Å². The predicted molar refractivity (Wildman–Crippen MR) is 54.1 cm³/mol. The molecule has 0 spiro atoms. The second-order valence-corrected chi connectivity index (χ2v) is 2.90. The number of aliphatic hydroxyl groups is 1. The number of aliphatic hydroxyl groups excluding tert-OH is 1. The summed E-state index contributed by atoms with van der Waals surface area (Å²) in [5.74, 6) is 0.605. The summed E-state index contributed by atoms with van der Waals surface area (Å²) in [5.41, 5.74) is 7.29. The van der Waals surface area contributed by atoms with E-state index < -0.39 is 0 Å². The minimum Gasteiger partial charge on any atom is -0.465 e. The number of methoxy groups -OCH3 is 1. The molecule has 0 amide bonds. The summed E-state index contributed by atoms with van der Waals surface area (Å²) in [6, 6.07) is 5.44. The van der Waals surface area contributed by atoms with E-state index in [9.17, 15) is 0 Å². The van der Waals surface area contributed by atoms with Crippen molar-refractivity contribution in [1.29, 1.82) is 0 Å². The molecule has 0 saturated heterocycles. The summed E-state index contributed by atoms with van der Waals surface area (Å²) >= 11 is 0. The highest BCUT2D eigenvalue weighted by molar-refractivity contribution is 5.54. The van der Waals surface area contributed by atoms with Gasteiger partial charge in [0.2, 0.25) is 0 Å². The molecule has 1 rings (SSSR count). The van der Waals surface area contributed by atoms with Crippen LogP contribution in [0.2, 0.25) is 0 Å². The van der Waals surface area contributed by atoms with Crippen LogP contribution in [0, 0.1) is 0 Å². The van der Waals surface area contributed by atoms with Crippen molar-refractivity contribution in [2.45, 2.75) is 6.42 Å². The van der Waals surface area contributed by atoms with Crippen LogP contribution in [0.4, 0.5) is 5.69 Å². The van der Waals surface area contributed by atoms with Crippen molar-refractivity contribution in [1.82, 2.24) is 0 Å². The standard InChI is InChI=1S/C10H15NO3/c1-13-7-14-10-3-2-8(4-5-12)6-9(10)11/h2-3,6,12H,4-5,7,11H2,1H3. The topological polar surface area (TPSA) is 64.7 Å². The lowest BCUT2D eigenvalue weighted by Crippen LogP contribution is -2.02. The Morgan fingerprint density at radius 3 is 2.79 bits per heavy atom. The van der Waals surface area contributed by atoms with E-state index in [0.29, 0.717) is 17.9 Å². The summed E-state index contributed by atoms with van der Waals surface area (Å²) in [7, 11) is 1.55. The van der Waals surface area contributed by atoms with Gasteiger partial charge in [0.1, 0.15) is 5.75 Å². The monoisotopic (exact) mass is 197 g/mol. The van der Waals surface area contributed by atoms with Crippen molar-refractivity contribution < 1.29 is 14.6 Å². The van der Waals surface area contributed by atoms with Crippen LogP contribution in [-0.2, 0) is 11.2 Å². The SMILES string of the molecule is COCOc1ccc(CCO)cc1N. The fourth-order valence-electron chi connectivity index (χ4n) is 1.14. The normalized spacial score (nSPS) is 10.1. The second-order valence-electron chi connectivity index (χ2n) is 2.90. The molecule has 0 aliphatic heterocycles. The number of hydrogen-bond donors (Lipinski definition) is 2. The maximum absolute atomic E-state index is 8.73. The lowest BCUT2D eigenvalue weighted by Gasteiger charge is -2.08. The third-order valence-corrected chi connectivity index (χ3v) is 1.81. The zero-order valence-electron chi connectivity index (χ0n) is 8.19. The van der Waals surface area contributed by atoms with Crippen molar-refractivity contribution in [3.05, 3.63) is 23.8 Å². The molecule has 4 nitrogen and oxygen atoms in total. The Labute approximate surface area is 83.3 Å². The van der Waals surface area contributed by atoms with Gasteiger partial charge in [0.15, 0.2) is 6.79 Å². The molecule has 0 bridgehead atoms. The average Bonchev–Trinajstić information content (AvgIpc) is 2.17. The predicted octanol–water partition coefficient (Wildman–Crippen LogP) is 0.786. The first-order valence-electron chi connectivity index (χ1n) is 4.39. The van der Waals surface area contributed by atoms with Gasteiger partial charge in [0.05, 0.1) is 5.69 Å². The molecule has 0 aromatic heterocycles. The Morgan fingerprint density at radius 1 is 1.43 bits per heavy atom. The molecule has 4 heteroatoms. The van der Waals surface area contributed by atoms with Crippen LogP contribution < -0.4 is 10.5 Å². The fourth-order valence-corrected chi connectivity index (χ4v) is 1.14. The lowest BCUT2D eigenvalue weighted by molar-refractivity contribution is 0.0516. The Morgan fingerprint density at radius 2 is 2.21 bits per heavy atom. The molecule has 78 valence electrons. The quantitative estimate of drug-likeness (QED) is 0.541. The molecule has 3 N–H and O–H groups in total. The van der Waals surface area contributed by atoms with E-state index in [1.54, 1.807) is 19.2 Å². The number of nitrogens with two attached hydrogens (primary N) is 1. The van der Waals surface area contributed by atoms with Crippen molar-refractivity contribution in [3.8, 4) is 5.75 Å². The highest BCUT2D eigenvalue weighted by atomic mass is 16.7. The number of anilines is 1. The zero-order valence-corrected chi connectivity index (χ0v) is 8.19. The maximum Gasteiger partial charge on any atom is 0.188 e. The van der Waals surface area contributed by atoms with Gasteiger partial charge in [0.25, 0.3) is 0 Å². The van der Waals surface area contributed by atoms with Crippen LogP contribution in [0.1, 0.15) is 5.56 Å². The minimum atomic E-state index is 0.123. The summed E-state index contributed by atoms with van der Waals surface area (Å²) in [4.78, 5) is 0. The van der Waals surface area contributed by atoms with E-state index in [2.05, 4.69) is 0 Å². The van der Waals surface area contributed by atoms with E-state index in [-0.39, 0.29) is 13.4 Å². The van der Waals surface area contributed by atoms with Crippen molar-refractivity contribution in [2.75, 3.05) is 26.2 Å². The number of nitrogen functional groups attached to an aromatic ring is 1. The van der Waals surface area contributed by atoms with Crippen molar-refractivity contribution >= 4 is 5.69 Å². The van der Waals surface area contributed by atoms with Gasteiger partial charge in [-0.3, -0.25) is 0 Å². The number of hydrogen-bond acceptors (Lipinski definition) is 4. The van der Waals surface area contributed by atoms with Crippen LogP contribution >= 0.6 is 0 Å². The lowest BCUT2D eigenvalue weighted by atomic mass is 10.1. The van der Waals surface area contributed by atoms with Crippen LogP contribution in [0.25, 0.3) is 0 Å². The summed E-state index contributed by atoms with van der Waals surface area (Å²) in [5, 5.41) is 8.73. The first kappa shape index (κ1) is 10.8. The zero-order chi connectivity index (χ0) is 10.4. The van der Waals surface area contributed by atoms with Crippen LogP contribution in [0.3, 0.4) is 0 Å². The Balaban J connectivity index is 2.68. The van der Waals surface area contributed by atoms with Crippen LogP contribution in [-0.4, -0.2) is 25.6 Å². The van der Waals surface area contributed by atoms with E-state index in [4.69, 9.17) is 20.3 Å². The molecule has 0 aliphatic rings. The molecule has 1 aromatic carbocycles. The third kappa shape index (κ3) is 2.90. The Bertz CT molecular complexity index is 289. The third-order valence-electron chi connectivity index (χ3n) is 1.81. The first-order valence-corrected chi connectivity index (χ1v) is 4.39. The molecule has 1 aromatic rings. The first-order chi connectivity index (χ1) is 6.77. The van der Waals surface area contributed by atoms with Gasteiger partial charge in [-0.1, -0.05) is 6.07 Å². The number of ether oxygens (including phenoxy) is 2. The summed E-state index contributed by atoms with van der Waals surface area (Å²) in [6.07, 6.45) is 0.606. The van der Waals surface area contributed by atoms with Crippen molar-refractivity contribution in [2.24, 2.45) is 0 Å². The summed E-state index contributed by atoms with van der Waals surface area (Å²) in [6.45, 7) is 0.307. The van der Waals surface area contributed by atoms with E-state index in [1.807, 2.05) is 6.07 Å². The Hall–Kier alpha value is -1.26. The molecule has 0 heterocycles. The molecule has 14 heavy (non-hydrogen) atoms. The van der Waals surface area contributed by atoms with Crippen molar-refractivity contribution in [3.63, 3.8) is 0 Å². The molecule has 0 atom stereocenters. The highest BCUT2D eigenvalue weighted by Crippen LogP contribution is 2.22. The van der Waals surface area contributed by atoms with E-state index >= 15 is 0 Å². The molecule has 0 fully saturated rings. The molecule has 0 unspecified atom stereocenters. The van der Waals surface area contributed by atoms with Gasteiger partial charge in [-0.05, 0) is 24.1 Å². The van der Waals surface area contributed by atoms with Gasteiger partial charge in [0, 0.05) is 13.7 Å². The minimum absolute atomic E-state index is 0.123. The van der Waals surface area contributed by atoms with Gasteiger partial charge in [-0.15, -0.1) is 0 Å². The van der Waals surface area contributed by atoms with Gasteiger partial charge >= 0.3 is 0 Å². The van der Waals surface area contributed by atoms with E-state index in [0.717, 1.165) is 5.56 Å². The molecular weight excluding hydrogens is 182 g/mol. The molecular formula is C10H15NO3. The number of benzene rings is 1. The van der Waals surface area contributed by atoms with Gasteiger partial charge < -0.3 is 20.3 Å². The van der Waals surface area contributed by atoms with Crippen LogP contribution in [0.15, 0.2) is 18.2 Å².